The lowest BCUT2D eigenvalue weighted by Gasteiger charge is -2.41. The van der Waals surface area contributed by atoms with Crippen molar-refractivity contribution in [3.05, 3.63) is 12.2 Å². The third-order valence-corrected chi connectivity index (χ3v) is 7.42. The Morgan fingerprint density at radius 3 is 2.65 bits per heavy atom. The second kappa shape index (κ2) is 8.28. The van der Waals surface area contributed by atoms with Crippen molar-refractivity contribution in [3.63, 3.8) is 0 Å². The summed E-state index contributed by atoms with van der Waals surface area (Å²) in [6.07, 6.45) is 9.85. The van der Waals surface area contributed by atoms with Gasteiger partial charge in [-0.25, -0.2) is 0 Å². The van der Waals surface area contributed by atoms with E-state index in [1.165, 1.54) is 12.8 Å². The fourth-order valence-electron chi connectivity index (χ4n) is 5.47. The molecule has 2 aliphatic carbocycles. The fourth-order valence-corrected chi connectivity index (χ4v) is 7.19. The van der Waals surface area contributed by atoms with E-state index in [2.05, 4.69) is 59.5 Å². The molecule has 4 atom stereocenters. The molecular formula is C22H40O3Si. The average molecular weight is 381 g/mol. The van der Waals surface area contributed by atoms with Gasteiger partial charge in [0.1, 0.15) is 5.78 Å². The number of carbonyl (C=O) groups is 1. The van der Waals surface area contributed by atoms with Gasteiger partial charge in [0.15, 0.2) is 8.32 Å². The third kappa shape index (κ3) is 5.52. The second-order valence-corrected chi connectivity index (χ2v) is 14.8. The Balaban J connectivity index is 1.81. The van der Waals surface area contributed by atoms with E-state index in [0.29, 0.717) is 36.8 Å². The highest BCUT2D eigenvalue weighted by Gasteiger charge is 2.51. The predicted molar refractivity (Wildman–Crippen MR) is 111 cm³/mol. The molecule has 4 heteroatoms. The maximum Gasteiger partial charge on any atom is 0.184 e. The molecule has 2 fully saturated rings. The van der Waals surface area contributed by atoms with Crippen LogP contribution in [0.3, 0.4) is 0 Å². The van der Waals surface area contributed by atoms with Gasteiger partial charge in [0.05, 0.1) is 18.8 Å². The highest BCUT2D eigenvalue weighted by Crippen LogP contribution is 2.56. The number of hydrogen-bond acceptors (Lipinski definition) is 3. The molecule has 0 saturated heterocycles. The van der Waals surface area contributed by atoms with Crippen molar-refractivity contribution in [2.24, 2.45) is 23.2 Å². The monoisotopic (exact) mass is 380 g/mol. The van der Waals surface area contributed by atoms with Crippen molar-refractivity contribution < 1.29 is 14.0 Å². The summed E-state index contributed by atoms with van der Waals surface area (Å²) in [6.45, 7) is 16.8. The Morgan fingerprint density at radius 2 is 2.00 bits per heavy atom. The van der Waals surface area contributed by atoms with Gasteiger partial charge >= 0.3 is 0 Å². The Hall–Kier alpha value is -0.453. The zero-order valence-electron chi connectivity index (χ0n) is 18.1. The van der Waals surface area contributed by atoms with Crippen molar-refractivity contribution in [1.29, 1.82) is 0 Å². The number of carbonyl (C=O) groups excluding carboxylic acids is 1. The average Bonchev–Trinajstić information content (AvgIpc) is 2.82. The summed E-state index contributed by atoms with van der Waals surface area (Å²) in [6, 6.07) is 0. The third-order valence-electron chi connectivity index (χ3n) is 6.26. The SMILES string of the molecule is CC(/C=C/COCC(C)(C)O[Si](C)(C)C)[C@H]1CC[C@H]2C(=O)CCC[C@]12C. The van der Waals surface area contributed by atoms with Crippen LogP contribution in [0.1, 0.15) is 59.8 Å². The van der Waals surface area contributed by atoms with Crippen LogP contribution in [0.25, 0.3) is 0 Å². The van der Waals surface area contributed by atoms with Crippen molar-refractivity contribution in [3.8, 4) is 0 Å². The van der Waals surface area contributed by atoms with E-state index in [0.717, 1.165) is 19.3 Å². The summed E-state index contributed by atoms with van der Waals surface area (Å²) in [5.41, 5.74) is -0.00828. The quantitative estimate of drug-likeness (QED) is 0.312. The van der Waals surface area contributed by atoms with Crippen molar-refractivity contribution in [2.45, 2.75) is 85.0 Å². The summed E-state index contributed by atoms with van der Waals surface area (Å²) in [5.74, 6) is 1.96. The van der Waals surface area contributed by atoms with E-state index in [1.807, 2.05) is 0 Å². The van der Waals surface area contributed by atoms with E-state index >= 15 is 0 Å². The number of fused-ring (bicyclic) bond motifs is 1. The van der Waals surface area contributed by atoms with Gasteiger partial charge in [0.25, 0.3) is 0 Å². The van der Waals surface area contributed by atoms with E-state index < -0.39 is 8.32 Å². The molecule has 150 valence electrons. The van der Waals surface area contributed by atoms with Crippen LogP contribution in [-0.2, 0) is 14.0 Å². The zero-order valence-corrected chi connectivity index (χ0v) is 19.1. The summed E-state index contributed by atoms with van der Waals surface area (Å²) >= 11 is 0. The van der Waals surface area contributed by atoms with Crippen LogP contribution in [0.15, 0.2) is 12.2 Å². The molecule has 2 saturated carbocycles. The van der Waals surface area contributed by atoms with Gasteiger partial charge in [-0.05, 0) is 76.4 Å². The van der Waals surface area contributed by atoms with E-state index in [9.17, 15) is 4.79 Å². The van der Waals surface area contributed by atoms with Gasteiger partial charge < -0.3 is 9.16 Å². The molecule has 0 amide bonds. The molecule has 0 bridgehead atoms. The molecule has 0 radical (unpaired) electrons. The van der Waals surface area contributed by atoms with E-state index in [4.69, 9.17) is 9.16 Å². The number of rotatable bonds is 8. The van der Waals surface area contributed by atoms with Gasteiger partial charge in [0.2, 0.25) is 0 Å². The minimum Gasteiger partial charge on any atom is -0.410 e. The smallest absolute Gasteiger partial charge is 0.184 e. The van der Waals surface area contributed by atoms with Crippen LogP contribution in [0, 0.1) is 23.2 Å². The minimum absolute atomic E-state index is 0.215. The van der Waals surface area contributed by atoms with Gasteiger partial charge in [-0.2, -0.15) is 0 Å². The number of allylic oxidation sites excluding steroid dienone is 1. The fraction of sp³-hybridized carbons (Fsp3) is 0.864. The van der Waals surface area contributed by atoms with Crippen LogP contribution in [0.2, 0.25) is 19.6 Å². The first-order valence-corrected chi connectivity index (χ1v) is 13.8. The highest BCUT2D eigenvalue weighted by atomic mass is 28.4. The molecular weight excluding hydrogens is 340 g/mol. The number of ether oxygens (including phenoxy) is 1. The summed E-state index contributed by atoms with van der Waals surface area (Å²) in [4.78, 5) is 12.3. The zero-order chi connectivity index (χ0) is 19.6. The normalized spacial score (nSPS) is 31.4. The molecule has 0 spiro atoms. The topological polar surface area (TPSA) is 35.5 Å². The maximum absolute atomic E-state index is 12.3. The largest absolute Gasteiger partial charge is 0.410 e. The van der Waals surface area contributed by atoms with Gasteiger partial charge in [-0.3, -0.25) is 4.79 Å². The molecule has 26 heavy (non-hydrogen) atoms. The number of Topliss-reactive ketones (excluding diaryl/α,β-unsaturated/α-hetero) is 1. The van der Waals surface area contributed by atoms with Crippen LogP contribution >= 0.6 is 0 Å². The molecule has 0 aromatic carbocycles. The highest BCUT2D eigenvalue weighted by molar-refractivity contribution is 6.69. The molecule has 2 rings (SSSR count). The van der Waals surface area contributed by atoms with Crippen molar-refractivity contribution in [1.82, 2.24) is 0 Å². The molecule has 0 aromatic heterocycles. The molecule has 0 N–H and O–H groups in total. The first kappa shape index (κ1) is 21.8. The van der Waals surface area contributed by atoms with Crippen molar-refractivity contribution in [2.75, 3.05) is 13.2 Å². The van der Waals surface area contributed by atoms with Gasteiger partial charge in [-0.1, -0.05) is 26.0 Å². The van der Waals surface area contributed by atoms with Crippen molar-refractivity contribution >= 4 is 14.1 Å². The molecule has 3 nitrogen and oxygen atoms in total. The Morgan fingerprint density at radius 1 is 1.31 bits per heavy atom. The lowest BCUT2D eigenvalue weighted by atomic mass is 9.62. The van der Waals surface area contributed by atoms with E-state index in [-0.39, 0.29) is 11.0 Å². The Labute approximate surface area is 162 Å². The van der Waals surface area contributed by atoms with Crippen LogP contribution in [0.4, 0.5) is 0 Å². The minimum atomic E-state index is -1.55. The first-order chi connectivity index (χ1) is 11.9. The molecule has 1 unspecified atom stereocenters. The summed E-state index contributed by atoms with van der Waals surface area (Å²) < 4.78 is 12.0. The molecule has 2 aliphatic rings. The summed E-state index contributed by atoms with van der Waals surface area (Å²) in [7, 11) is -1.55. The number of ketones is 1. The molecule has 0 heterocycles. The predicted octanol–water partition coefficient (Wildman–Crippen LogP) is 5.61. The summed E-state index contributed by atoms with van der Waals surface area (Å²) in [5, 5.41) is 0. The Kier molecular flexibility index (Phi) is 6.95. The second-order valence-electron chi connectivity index (χ2n) is 10.3. The molecule has 0 aromatic rings. The molecule has 0 aliphatic heterocycles. The van der Waals surface area contributed by atoms with E-state index in [1.54, 1.807) is 0 Å². The lowest BCUT2D eigenvalue weighted by molar-refractivity contribution is -0.129. The van der Waals surface area contributed by atoms with Gasteiger partial charge in [0, 0.05) is 12.3 Å². The van der Waals surface area contributed by atoms with Crippen LogP contribution in [-0.4, -0.2) is 32.9 Å². The van der Waals surface area contributed by atoms with Gasteiger partial charge in [-0.15, -0.1) is 0 Å². The van der Waals surface area contributed by atoms with Crippen LogP contribution in [0.5, 0.6) is 0 Å². The standard InChI is InChI=1S/C22H40O3Si/c1-17(10-9-15-24-16-21(2,3)25-26(5,6)7)18-12-13-19-20(23)11-8-14-22(18,19)4/h9-10,17-19H,8,11-16H2,1-7H3/b10-9+/t17?,18-,19+,22-/m1/s1. The van der Waals surface area contributed by atoms with Crippen LogP contribution < -0.4 is 0 Å². The Bertz CT molecular complexity index is 520. The first-order valence-electron chi connectivity index (χ1n) is 10.4. The lowest BCUT2D eigenvalue weighted by Crippen LogP contribution is -2.41. The maximum atomic E-state index is 12.3. The number of hydrogen-bond donors (Lipinski definition) is 0.